The molecule has 0 spiro atoms. The summed E-state index contributed by atoms with van der Waals surface area (Å²) in [5.41, 5.74) is 0.669. The lowest BCUT2D eigenvalue weighted by atomic mass is 10.2. The van der Waals surface area contributed by atoms with E-state index in [2.05, 4.69) is 22.5 Å². The van der Waals surface area contributed by atoms with Gasteiger partial charge in [-0.3, -0.25) is 14.5 Å². The molecule has 0 aromatic heterocycles. The molecule has 7 nitrogen and oxygen atoms in total. The van der Waals surface area contributed by atoms with Crippen molar-refractivity contribution in [3.63, 3.8) is 0 Å². The molecule has 2 N–H and O–H groups in total. The van der Waals surface area contributed by atoms with Gasteiger partial charge in [-0.2, -0.15) is 0 Å². The highest BCUT2D eigenvalue weighted by Crippen LogP contribution is 2.16. The number of nitrogens with zero attached hydrogens (tertiary/aromatic N) is 1. The van der Waals surface area contributed by atoms with E-state index in [-0.39, 0.29) is 18.4 Å². The summed E-state index contributed by atoms with van der Waals surface area (Å²) in [6.07, 6.45) is -0.452. The van der Waals surface area contributed by atoms with Gasteiger partial charge in [-0.05, 0) is 37.7 Å². The van der Waals surface area contributed by atoms with E-state index < -0.39 is 6.10 Å². The third kappa shape index (κ3) is 5.50. The van der Waals surface area contributed by atoms with Crippen LogP contribution in [0.2, 0.25) is 0 Å². The van der Waals surface area contributed by atoms with Gasteiger partial charge in [0, 0.05) is 25.3 Å². The summed E-state index contributed by atoms with van der Waals surface area (Å²) in [4.78, 5) is 25.8. The third-order valence-electron chi connectivity index (χ3n) is 3.76. The molecule has 1 aliphatic rings. The Kier molecular flexibility index (Phi) is 7.02. The molecule has 1 heterocycles. The van der Waals surface area contributed by atoms with Crippen molar-refractivity contribution in [3.05, 3.63) is 24.3 Å². The third-order valence-corrected chi connectivity index (χ3v) is 3.76. The Morgan fingerprint density at radius 1 is 1.29 bits per heavy atom. The predicted octanol–water partition coefficient (Wildman–Crippen LogP) is 0.861. The molecule has 2 rings (SSSR count). The summed E-state index contributed by atoms with van der Waals surface area (Å²) in [5, 5.41) is 5.50. The van der Waals surface area contributed by atoms with Crippen LogP contribution in [0.3, 0.4) is 0 Å². The first-order valence-electron chi connectivity index (χ1n) is 8.26. The van der Waals surface area contributed by atoms with Gasteiger partial charge in [0.2, 0.25) is 0 Å². The molecular weight excluding hydrogens is 310 g/mol. The Labute approximate surface area is 142 Å². The minimum absolute atomic E-state index is 0.0255. The van der Waals surface area contributed by atoms with E-state index in [0.29, 0.717) is 31.1 Å². The second-order valence-electron chi connectivity index (χ2n) is 5.51. The normalized spacial score (nSPS) is 18.0. The first-order chi connectivity index (χ1) is 11.6. The molecule has 0 saturated carbocycles. The summed E-state index contributed by atoms with van der Waals surface area (Å²) in [5.74, 6) is 0.263. The summed E-state index contributed by atoms with van der Waals surface area (Å²) >= 11 is 0. The smallest absolute Gasteiger partial charge is 0.257 e. The van der Waals surface area contributed by atoms with Crippen molar-refractivity contribution in [2.45, 2.75) is 20.0 Å². The SMILES string of the molecule is CCNC(=O)COc1ccc(NC(=O)[C@@H]2CN(CC)CCO2)cc1. The first-order valence-corrected chi connectivity index (χ1v) is 8.26. The summed E-state index contributed by atoms with van der Waals surface area (Å²) in [7, 11) is 0. The molecule has 1 aliphatic heterocycles. The highest BCUT2D eigenvalue weighted by Gasteiger charge is 2.25. The maximum atomic E-state index is 12.3. The molecule has 7 heteroatoms. The molecule has 1 aromatic rings. The van der Waals surface area contributed by atoms with Crippen LogP contribution in [0.5, 0.6) is 5.75 Å². The van der Waals surface area contributed by atoms with E-state index in [1.54, 1.807) is 24.3 Å². The number of carbonyl (C=O) groups excluding carboxylic acids is 2. The lowest BCUT2D eigenvalue weighted by Crippen LogP contribution is -2.47. The molecule has 0 unspecified atom stereocenters. The molecule has 2 amide bonds. The van der Waals surface area contributed by atoms with E-state index in [1.165, 1.54) is 0 Å². The van der Waals surface area contributed by atoms with Gasteiger partial charge in [-0.25, -0.2) is 0 Å². The number of amides is 2. The van der Waals surface area contributed by atoms with Crippen LogP contribution < -0.4 is 15.4 Å². The van der Waals surface area contributed by atoms with E-state index in [1.807, 2.05) is 6.92 Å². The van der Waals surface area contributed by atoms with Gasteiger partial charge in [0.25, 0.3) is 11.8 Å². The van der Waals surface area contributed by atoms with Crippen molar-refractivity contribution < 1.29 is 19.1 Å². The van der Waals surface area contributed by atoms with E-state index in [4.69, 9.17) is 9.47 Å². The Morgan fingerprint density at radius 2 is 2.04 bits per heavy atom. The van der Waals surface area contributed by atoms with Crippen molar-refractivity contribution >= 4 is 17.5 Å². The number of rotatable bonds is 7. The number of nitrogens with one attached hydrogen (secondary N) is 2. The van der Waals surface area contributed by atoms with Crippen molar-refractivity contribution in [2.75, 3.05) is 44.7 Å². The molecular formula is C17H25N3O4. The van der Waals surface area contributed by atoms with Gasteiger partial charge in [0.05, 0.1) is 6.61 Å². The summed E-state index contributed by atoms with van der Waals surface area (Å²) in [6, 6.07) is 6.92. The average molecular weight is 335 g/mol. The molecule has 1 saturated heterocycles. The van der Waals surface area contributed by atoms with Crippen molar-refractivity contribution in [3.8, 4) is 5.75 Å². The molecule has 1 fully saturated rings. The van der Waals surface area contributed by atoms with Crippen molar-refractivity contribution in [1.29, 1.82) is 0 Å². The van der Waals surface area contributed by atoms with Gasteiger partial charge in [-0.15, -0.1) is 0 Å². The highest BCUT2D eigenvalue weighted by atomic mass is 16.5. The standard InChI is InChI=1S/C17H25N3O4/c1-3-18-16(21)12-24-14-7-5-13(6-8-14)19-17(22)15-11-20(4-2)9-10-23-15/h5-8,15H,3-4,9-12H2,1-2H3,(H,18,21)(H,19,22)/t15-/m0/s1. The first kappa shape index (κ1) is 18.2. The highest BCUT2D eigenvalue weighted by molar-refractivity contribution is 5.94. The fourth-order valence-electron chi connectivity index (χ4n) is 2.40. The lowest BCUT2D eigenvalue weighted by Gasteiger charge is -2.31. The number of anilines is 1. The van der Waals surface area contributed by atoms with E-state index in [9.17, 15) is 9.59 Å². The van der Waals surface area contributed by atoms with Crippen LogP contribution in [0.4, 0.5) is 5.69 Å². The number of likely N-dealkylation sites (N-methyl/N-ethyl adjacent to an activating group) is 2. The Morgan fingerprint density at radius 3 is 2.71 bits per heavy atom. The van der Waals surface area contributed by atoms with Gasteiger partial charge in [0.15, 0.2) is 6.61 Å². The Bertz CT molecular complexity index is 547. The van der Waals surface area contributed by atoms with Crippen LogP contribution in [-0.2, 0) is 14.3 Å². The Hall–Kier alpha value is -2.12. The molecule has 0 bridgehead atoms. The molecule has 1 aromatic carbocycles. The quantitative estimate of drug-likeness (QED) is 0.773. The predicted molar refractivity (Wildman–Crippen MR) is 91.1 cm³/mol. The van der Waals surface area contributed by atoms with Crippen LogP contribution in [-0.4, -0.2) is 62.2 Å². The van der Waals surface area contributed by atoms with Crippen molar-refractivity contribution in [1.82, 2.24) is 10.2 Å². The molecule has 24 heavy (non-hydrogen) atoms. The molecule has 132 valence electrons. The van der Waals surface area contributed by atoms with Gasteiger partial charge in [-0.1, -0.05) is 6.92 Å². The second kappa shape index (κ2) is 9.24. The van der Waals surface area contributed by atoms with Crippen LogP contribution in [0, 0.1) is 0 Å². The number of hydrogen-bond acceptors (Lipinski definition) is 5. The topological polar surface area (TPSA) is 79.9 Å². The van der Waals surface area contributed by atoms with E-state index >= 15 is 0 Å². The van der Waals surface area contributed by atoms with E-state index in [0.717, 1.165) is 13.1 Å². The Balaban J connectivity index is 1.82. The zero-order valence-corrected chi connectivity index (χ0v) is 14.2. The minimum atomic E-state index is -0.452. The largest absolute Gasteiger partial charge is 0.484 e. The van der Waals surface area contributed by atoms with Crippen LogP contribution >= 0.6 is 0 Å². The van der Waals surface area contributed by atoms with Crippen molar-refractivity contribution in [2.24, 2.45) is 0 Å². The van der Waals surface area contributed by atoms with Gasteiger partial charge < -0.3 is 20.1 Å². The van der Waals surface area contributed by atoms with Crippen LogP contribution in [0.25, 0.3) is 0 Å². The number of hydrogen-bond donors (Lipinski definition) is 2. The van der Waals surface area contributed by atoms with Gasteiger partial charge in [0.1, 0.15) is 11.9 Å². The number of morpholine rings is 1. The summed E-state index contributed by atoms with van der Waals surface area (Å²) < 4.78 is 10.9. The number of benzene rings is 1. The monoisotopic (exact) mass is 335 g/mol. The maximum Gasteiger partial charge on any atom is 0.257 e. The molecule has 0 radical (unpaired) electrons. The lowest BCUT2D eigenvalue weighted by molar-refractivity contribution is -0.132. The van der Waals surface area contributed by atoms with Gasteiger partial charge >= 0.3 is 0 Å². The second-order valence-corrected chi connectivity index (χ2v) is 5.51. The fourth-order valence-corrected chi connectivity index (χ4v) is 2.40. The fraction of sp³-hybridized carbons (Fsp3) is 0.529. The summed E-state index contributed by atoms with van der Waals surface area (Å²) in [6.45, 7) is 7.41. The molecule has 1 atom stereocenters. The van der Waals surface area contributed by atoms with Crippen LogP contribution in [0.15, 0.2) is 24.3 Å². The van der Waals surface area contributed by atoms with Crippen LogP contribution in [0.1, 0.15) is 13.8 Å². The minimum Gasteiger partial charge on any atom is -0.484 e. The average Bonchev–Trinajstić information content (AvgIpc) is 2.61. The number of ether oxygens (including phenoxy) is 2. The molecule has 0 aliphatic carbocycles. The zero-order valence-electron chi connectivity index (χ0n) is 14.2. The zero-order chi connectivity index (χ0) is 17.4. The maximum absolute atomic E-state index is 12.3. The number of carbonyl (C=O) groups is 2.